The van der Waals surface area contributed by atoms with E-state index in [0.29, 0.717) is 0 Å². The molecule has 0 radical (unpaired) electrons. The van der Waals surface area contributed by atoms with Crippen LogP contribution in [0.2, 0.25) is 0 Å². The maximum atomic E-state index is 11.2. The van der Waals surface area contributed by atoms with Gasteiger partial charge in [-0.15, -0.1) is 0 Å². The Morgan fingerprint density at radius 3 is 2.50 bits per heavy atom. The Hall–Kier alpha value is -0.610. The third kappa shape index (κ3) is 2.69. The predicted octanol–water partition coefficient (Wildman–Crippen LogP) is -0.0643. The van der Waals surface area contributed by atoms with E-state index in [1.807, 2.05) is 6.92 Å². The highest BCUT2D eigenvalue weighted by Gasteiger charge is 2.29. The summed E-state index contributed by atoms with van der Waals surface area (Å²) < 4.78 is 0. The summed E-state index contributed by atoms with van der Waals surface area (Å²) >= 11 is 0. The zero-order valence-electron chi connectivity index (χ0n) is 9.18. The molecule has 1 atom stereocenters. The summed E-state index contributed by atoms with van der Waals surface area (Å²) in [4.78, 5) is 13.6. The number of rotatable bonds is 5. The molecule has 0 aliphatic carbocycles. The quantitative estimate of drug-likeness (QED) is 0.652. The third-order valence-electron chi connectivity index (χ3n) is 3.22. The largest absolute Gasteiger partial charge is 0.368 e. The van der Waals surface area contributed by atoms with Crippen LogP contribution in [0.15, 0.2) is 0 Å². The zero-order chi connectivity index (χ0) is 10.6. The van der Waals surface area contributed by atoms with Gasteiger partial charge in [0.15, 0.2) is 0 Å². The van der Waals surface area contributed by atoms with E-state index >= 15 is 0 Å². The monoisotopic (exact) mass is 199 g/mol. The van der Waals surface area contributed by atoms with Crippen molar-refractivity contribution in [2.45, 2.75) is 31.7 Å². The van der Waals surface area contributed by atoms with Crippen LogP contribution in [0.1, 0.15) is 26.2 Å². The molecule has 0 saturated carbocycles. The number of hydrogen-bond acceptors (Lipinski definition) is 3. The van der Waals surface area contributed by atoms with Gasteiger partial charge in [0.25, 0.3) is 0 Å². The molecule has 0 aromatic heterocycles. The highest BCUT2D eigenvalue weighted by Crippen LogP contribution is 2.13. The summed E-state index contributed by atoms with van der Waals surface area (Å²) in [6.45, 7) is 5.16. The van der Waals surface area contributed by atoms with Crippen LogP contribution in [0.5, 0.6) is 0 Å². The first-order valence-corrected chi connectivity index (χ1v) is 5.30. The lowest BCUT2D eigenvalue weighted by Gasteiger charge is -2.27. The minimum absolute atomic E-state index is 0.265. The van der Waals surface area contributed by atoms with Gasteiger partial charge in [0.05, 0.1) is 5.54 Å². The number of likely N-dealkylation sites (tertiary alicyclic amines) is 1. The van der Waals surface area contributed by atoms with E-state index in [1.165, 1.54) is 25.9 Å². The Morgan fingerprint density at radius 2 is 2.07 bits per heavy atom. The average molecular weight is 199 g/mol. The van der Waals surface area contributed by atoms with E-state index in [4.69, 9.17) is 5.73 Å². The highest BCUT2D eigenvalue weighted by molar-refractivity contribution is 5.84. The van der Waals surface area contributed by atoms with Crippen molar-refractivity contribution >= 4 is 5.91 Å². The van der Waals surface area contributed by atoms with Crippen molar-refractivity contribution in [1.82, 2.24) is 10.2 Å². The number of carbonyl (C=O) groups is 1. The summed E-state index contributed by atoms with van der Waals surface area (Å²) in [6, 6.07) is 0. The molecule has 1 saturated heterocycles. The van der Waals surface area contributed by atoms with Crippen LogP contribution in [-0.2, 0) is 4.79 Å². The fraction of sp³-hybridized carbons (Fsp3) is 0.900. The van der Waals surface area contributed by atoms with Gasteiger partial charge in [-0.3, -0.25) is 4.79 Å². The lowest BCUT2D eigenvalue weighted by atomic mass is 9.97. The van der Waals surface area contributed by atoms with Crippen molar-refractivity contribution in [2.75, 3.05) is 26.7 Å². The van der Waals surface area contributed by atoms with Gasteiger partial charge in [-0.2, -0.15) is 0 Å². The second-order valence-corrected chi connectivity index (χ2v) is 4.25. The lowest BCUT2D eigenvalue weighted by molar-refractivity contribution is -0.124. The number of hydrogen-bond donors (Lipinski definition) is 2. The Balaban J connectivity index is 2.36. The smallest absolute Gasteiger partial charge is 0.237 e. The van der Waals surface area contributed by atoms with Gasteiger partial charge in [-0.25, -0.2) is 0 Å². The molecule has 4 heteroatoms. The van der Waals surface area contributed by atoms with Crippen LogP contribution >= 0.6 is 0 Å². The number of likely N-dealkylation sites (N-methyl/N-ethyl adjacent to an activating group) is 1. The van der Waals surface area contributed by atoms with Gasteiger partial charge in [-0.1, -0.05) is 0 Å². The summed E-state index contributed by atoms with van der Waals surface area (Å²) in [6.07, 6.45) is 3.36. The predicted molar refractivity (Wildman–Crippen MR) is 57.0 cm³/mol. The first-order chi connectivity index (χ1) is 6.58. The highest BCUT2D eigenvalue weighted by atomic mass is 16.1. The van der Waals surface area contributed by atoms with Crippen LogP contribution in [-0.4, -0.2) is 43.0 Å². The SMILES string of the molecule is CNC(C)(CCN1CCCC1)C(N)=O. The number of nitrogens with one attached hydrogen (secondary N) is 1. The molecule has 0 aromatic rings. The summed E-state index contributed by atoms with van der Waals surface area (Å²) in [5.74, 6) is -0.265. The van der Waals surface area contributed by atoms with Gasteiger partial charge >= 0.3 is 0 Å². The number of nitrogens with two attached hydrogens (primary N) is 1. The molecule has 1 amide bonds. The van der Waals surface area contributed by atoms with Crippen LogP contribution in [0.3, 0.4) is 0 Å². The number of amides is 1. The maximum Gasteiger partial charge on any atom is 0.237 e. The fourth-order valence-electron chi connectivity index (χ4n) is 1.76. The average Bonchev–Trinajstić information content (AvgIpc) is 2.66. The third-order valence-corrected chi connectivity index (χ3v) is 3.22. The molecule has 4 nitrogen and oxygen atoms in total. The van der Waals surface area contributed by atoms with E-state index in [-0.39, 0.29) is 5.91 Å². The second kappa shape index (κ2) is 4.75. The van der Waals surface area contributed by atoms with Crippen LogP contribution in [0.25, 0.3) is 0 Å². The lowest BCUT2D eigenvalue weighted by Crippen LogP contribution is -2.53. The summed E-state index contributed by atoms with van der Waals surface area (Å²) in [5, 5.41) is 3.00. The molecule has 1 unspecified atom stereocenters. The zero-order valence-corrected chi connectivity index (χ0v) is 9.18. The normalized spacial score (nSPS) is 22.1. The Bertz CT molecular complexity index is 202. The molecule has 0 spiro atoms. The molecule has 1 rings (SSSR count). The molecule has 0 aromatic carbocycles. The maximum absolute atomic E-state index is 11.2. The Labute approximate surface area is 85.8 Å². The molecule has 1 aliphatic heterocycles. The van der Waals surface area contributed by atoms with Crippen molar-refractivity contribution in [3.8, 4) is 0 Å². The van der Waals surface area contributed by atoms with Gasteiger partial charge in [-0.05, 0) is 46.3 Å². The number of carbonyl (C=O) groups excluding carboxylic acids is 1. The van der Waals surface area contributed by atoms with Crippen molar-refractivity contribution < 1.29 is 4.79 Å². The Kier molecular flexibility index (Phi) is 3.89. The van der Waals surface area contributed by atoms with Crippen molar-refractivity contribution in [1.29, 1.82) is 0 Å². The van der Waals surface area contributed by atoms with Gasteiger partial charge < -0.3 is 16.0 Å². The van der Waals surface area contributed by atoms with Crippen molar-refractivity contribution in [3.05, 3.63) is 0 Å². The summed E-state index contributed by atoms with van der Waals surface area (Å²) in [7, 11) is 1.79. The number of primary amides is 1. The van der Waals surface area contributed by atoms with Crippen LogP contribution in [0.4, 0.5) is 0 Å². The molecule has 14 heavy (non-hydrogen) atoms. The van der Waals surface area contributed by atoms with E-state index < -0.39 is 5.54 Å². The fourth-order valence-corrected chi connectivity index (χ4v) is 1.76. The molecule has 1 aliphatic rings. The van der Waals surface area contributed by atoms with Crippen LogP contribution in [0, 0.1) is 0 Å². The molecule has 0 bridgehead atoms. The second-order valence-electron chi connectivity index (χ2n) is 4.25. The van der Waals surface area contributed by atoms with Gasteiger partial charge in [0, 0.05) is 6.54 Å². The minimum atomic E-state index is -0.553. The molecular formula is C10H21N3O. The van der Waals surface area contributed by atoms with Crippen LogP contribution < -0.4 is 11.1 Å². The first-order valence-electron chi connectivity index (χ1n) is 5.30. The summed E-state index contributed by atoms with van der Waals surface area (Å²) in [5.41, 5.74) is 4.79. The topological polar surface area (TPSA) is 58.4 Å². The molecule has 1 fully saturated rings. The van der Waals surface area contributed by atoms with E-state index in [0.717, 1.165) is 13.0 Å². The molecular weight excluding hydrogens is 178 g/mol. The Morgan fingerprint density at radius 1 is 1.50 bits per heavy atom. The molecule has 3 N–H and O–H groups in total. The molecule has 82 valence electrons. The molecule has 1 heterocycles. The number of nitrogens with zero attached hydrogens (tertiary/aromatic N) is 1. The van der Waals surface area contributed by atoms with E-state index in [1.54, 1.807) is 7.05 Å². The van der Waals surface area contributed by atoms with Gasteiger partial charge in [0.2, 0.25) is 5.91 Å². The first kappa shape index (κ1) is 11.5. The van der Waals surface area contributed by atoms with Crippen molar-refractivity contribution in [2.24, 2.45) is 5.73 Å². The van der Waals surface area contributed by atoms with Gasteiger partial charge in [0.1, 0.15) is 0 Å². The van der Waals surface area contributed by atoms with E-state index in [9.17, 15) is 4.79 Å². The minimum Gasteiger partial charge on any atom is -0.368 e. The standard InChI is InChI=1S/C10H21N3O/c1-10(12-2,9(11)14)5-8-13-6-3-4-7-13/h12H,3-8H2,1-2H3,(H2,11,14). The van der Waals surface area contributed by atoms with E-state index in [2.05, 4.69) is 10.2 Å². The van der Waals surface area contributed by atoms with Crippen molar-refractivity contribution in [3.63, 3.8) is 0 Å².